The first-order chi connectivity index (χ1) is 15.0. The zero-order valence-electron chi connectivity index (χ0n) is 17.1. The van der Waals surface area contributed by atoms with Crippen molar-refractivity contribution < 1.29 is 0 Å². The lowest BCUT2D eigenvalue weighted by molar-refractivity contribution is 0.888. The molecular weight excluding hydrogens is 412 g/mol. The van der Waals surface area contributed by atoms with Crippen LogP contribution in [-0.2, 0) is 6.42 Å². The summed E-state index contributed by atoms with van der Waals surface area (Å²) < 4.78 is 1.83. The van der Waals surface area contributed by atoms with Crippen LogP contribution in [-0.4, -0.2) is 24.7 Å². The van der Waals surface area contributed by atoms with E-state index in [9.17, 15) is 4.79 Å². The third-order valence-electron chi connectivity index (χ3n) is 5.04. The van der Waals surface area contributed by atoms with E-state index in [-0.39, 0.29) is 5.56 Å². The van der Waals surface area contributed by atoms with Gasteiger partial charge in [0.05, 0.1) is 10.8 Å². The van der Waals surface area contributed by atoms with Crippen LogP contribution < -0.4 is 11.3 Å². The maximum atomic E-state index is 12.9. The van der Waals surface area contributed by atoms with E-state index in [1.807, 2.05) is 60.0 Å². The van der Waals surface area contributed by atoms with Gasteiger partial charge < -0.3 is 5.73 Å². The maximum Gasteiger partial charge on any atom is 0.263 e. The Bertz CT molecular complexity index is 1430. The minimum absolute atomic E-state index is 0.0728. The topological polar surface area (TPSA) is 102 Å². The van der Waals surface area contributed by atoms with Crippen LogP contribution in [0, 0.1) is 6.92 Å². The van der Waals surface area contributed by atoms with Crippen LogP contribution in [0.4, 0.5) is 5.82 Å². The van der Waals surface area contributed by atoms with Crippen molar-refractivity contribution in [2.75, 3.05) is 5.73 Å². The van der Waals surface area contributed by atoms with Gasteiger partial charge in [0, 0.05) is 11.4 Å². The highest BCUT2D eigenvalue weighted by atomic mass is 35.5. The van der Waals surface area contributed by atoms with E-state index >= 15 is 0 Å². The van der Waals surface area contributed by atoms with Crippen molar-refractivity contribution in [1.29, 1.82) is 0 Å². The number of hydrogen-bond acceptors (Lipinski definition) is 5. The number of halogens is 1. The number of aromatic nitrogens is 5. The zero-order valence-corrected chi connectivity index (χ0v) is 17.9. The van der Waals surface area contributed by atoms with E-state index in [0.717, 1.165) is 34.1 Å². The first kappa shape index (κ1) is 20.6. The molecule has 0 unspecified atom stereocenters. The zero-order chi connectivity index (χ0) is 22.0. The lowest BCUT2D eigenvalue weighted by Gasteiger charge is -2.14. The Balaban J connectivity index is 0.000000177. The molecule has 2 aromatic carbocycles. The molecule has 7 nitrogen and oxygen atoms in total. The first-order valence-electron chi connectivity index (χ1n) is 9.81. The van der Waals surface area contributed by atoms with Crippen LogP contribution in [0.2, 0.25) is 5.15 Å². The second-order valence-corrected chi connectivity index (χ2v) is 7.38. The predicted octanol–water partition coefficient (Wildman–Crippen LogP) is 4.45. The van der Waals surface area contributed by atoms with Crippen molar-refractivity contribution >= 4 is 39.2 Å². The molecule has 8 heteroatoms. The molecule has 0 spiro atoms. The monoisotopic (exact) mass is 432 g/mol. The van der Waals surface area contributed by atoms with Gasteiger partial charge in [-0.15, -0.1) is 0 Å². The SMILES string of the molecule is CCc1cc2cccc(C)c2c(=O)n1-c1ccccc1.Nc1ncnc2n[nH]c(Cl)c12. The van der Waals surface area contributed by atoms with Gasteiger partial charge >= 0.3 is 0 Å². The Kier molecular flexibility index (Phi) is 5.68. The highest BCUT2D eigenvalue weighted by Gasteiger charge is 2.11. The molecule has 3 heterocycles. The van der Waals surface area contributed by atoms with E-state index in [0.29, 0.717) is 22.0 Å². The van der Waals surface area contributed by atoms with Crippen molar-refractivity contribution in [3.8, 4) is 5.69 Å². The third-order valence-corrected chi connectivity index (χ3v) is 5.32. The van der Waals surface area contributed by atoms with Gasteiger partial charge in [0.2, 0.25) is 0 Å². The Morgan fingerprint density at radius 1 is 1.06 bits per heavy atom. The third kappa shape index (κ3) is 3.87. The highest BCUT2D eigenvalue weighted by molar-refractivity contribution is 6.34. The number of pyridine rings is 1. The molecule has 3 N–H and O–H groups in total. The summed E-state index contributed by atoms with van der Waals surface area (Å²) in [6.07, 6.45) is 2.17. The van der Waals surface area contributed by atoms with Gasteiger partial charge in [-0.3, -0.25) is 14.5 Å². The summed E-state index contributed by atoms with van der Waals surface area (Å²) in [4.78, 5) is 20.5. The van der Waals surface area contributed by atoms with Crippen molar-refractivity contribution in [3.05, 3.63) is 87.7 Å². The number of aryl methyl sites for hydroxylation is 2. The molecule has 5 aromatic rings. The molecule has 0 aliphatic heterocycles. The van der Waals surface area contributed by atoms with E-state index in [1.54, 1.807) is 0 Å². The molecule has 3 aromatic heterocycles. The quantitative estimate of drug-likeness (QED) is 0.429. The van der Waals surface area contributed by atoms with Crippen molar-refractivity contribution in [2.24, 2.45) is 0 Å². The van der Waals surface area contributed by atoms with Crippen LogP contribution in [0.25, 0.3) is 27.5 Å². The maximum absolute atomic E-state index is 12.9. The summed E-state index contributed by atoms with van der Waals surface area (Å²) >= 11 is 5.70. The Morgan fingerprint density at radius 2 is 1.84 bits per heavy atom. The number of hydrogen-bond donors (Lipinski definition) is 2. The van der Waals surface area contributed by atoms with Gasteiger partial charge in [0.25, 0.3) is 5.56 Å². The molecule has 0 fully saturated rings. The van der Waals surface area contributed by atoms with Gasteiger partial charge in [-0.1, -0.05) is 54.9 Å². The molecule has 0 saturated carbocycles. The second kappa shape index (κ2) is 8.57. The first-order valence-corrected chi connectivity index (χ1v) is 10.2. The smallest absolute Gasteiger partial charge is 0.263 e. The van der Waals surface area contributed by atoms with Crippen LogP contribution >= 0.6 is 11.6 Å². The fourth-order valence-corrected chi connectivity index (χ4v) is 3.78. The number of nitrogen functional groups attached to an aromatic ring is 1. The molecule has 0 saturated heterocycles. The van der Waals surface area contributed by atoms with Gasteiger partial charge in [0.15, 0.2) is 5.65 Å². The summed E-state index contributed by atoms with van der Waals surface area (Å²) in [6, 6.07) is 18.0. The molecule has 0 radical (unpaired) electrons. The number of aromatic amines is 1. The minimum Gasteiger partial charge on any atom is -0.383 e. The number of anilines is 1. The number of benzene rings is 2. The van der Waals surface area contributed by atoms with E-state index < -0.39 is 0 Å². The van der Waals surface area contributed by atoms with Gasteiger partial charge in [-0.25, -0.2) is 9.97 Å². The summed E-state index contributed by atoms with van der Waals surface area (Å²) in [5, 5.41) is 9.13. The highest BCUT2D eigenvalue weighted by Crippen LogP contribution is 2.22. The summed E-state index contributed by atoms with van der Waals surface area (Å²) in [7, 11) is 0. The molecule has 31 heavy (non-hydrogen) atoms. The number of nitrogens with one attached hydrogen (secondary N) is 1. The molecule has 0 amide bonds. The van der Waals surface area contributed by atoms with Crippen LogP contribution in [0.1, 0.15) is 18.2 Å². The second-order valence-electron chi connectivity index (χ2n) is 7.00. The van der Waals surface area contributed by atoms with Crippen molar-refractivity contribution in [2.45, 2.75) is 20.3 Å². The van der Waals surface area contributed by atoms with E-state index in [2.05, 4.69) is 33.2 Å². The fraction of sp³-hybridized carbons (Fsp3) is 0.130. The fourth-order valence-electron chi connectivity index (χ4n) is 3.55. The number of fused-ring (bicyclic) bond motifs is 2. The van der Waals surface area contributed by atoms with Crippen molar-refractivity contribution in [3.63, 3.8) is 0 Å². The Labute approximate surface area is 183 Å². The predicted molar refractivity (Wildman–Crippen MR) is 125 cm³/mol. The molecule has 0 atom stereocenters. The van der Waals surface area contributed by atoms with Crippen molar-refractivity contribution in [1.82, 2.24) is 24.7 Å². The molecule has 0 bridgehead atoms. The largest absolute Gasteiger partial charge is 0.383 e. The van der Waals surface area contributed by atoms with Crippen LogP contribution in [0.15, 0.2) is 65.7 Å². The van der Waals surface area contributed by atoms with Gasteiger partial charge in [-0.05, 0) is 42.5 Å². The number of nitrogens with two attached hydrogens (primary N) is 1. The van der Waals surface area contributed by atoms with Gasteiger partial charge in [-0.2, -0.15) is 5.10 Å². The number of para-hydroxylation sites is 1. The summed E-state index contributed by atoms with van der Waals surface area (Å²) in [5.74, 6) is 0.341. The number of H-pyrrole nitrogens is 1. The summed E-state index contributed by atoms with van der Waals surface area (Å²) in [6.45, 7) is 4.07. The Morgan fingerprint density at radius 3 is 2.55 bits per heavy atom. The molecule has 156 valence electrons. The lowest BCUT2D eigenvalue weighted by Crippen LogP contribution is -2.22. The van der Waals surface area contributed by atoms with E-state index in [1.165, 1.54) is 6.33 Å². The van der Waals surface area contributed by atoms with E-state index in [4.69, 9.17) is 17.3 Å². The number of rotatable bonds is 2. The average Bonchev–Trinajstić information content (AvgIpc) is 3.16. The van der Waals surface area contributed by atoms with Gasteiger partial charge in [0.1, 0.15) is 17.3 Å². The summed E-state index contributed by atoms with van der Waals surface area (Å²) in [5.41, 5.74) is 9.07. The standard InChI is InChI=1S/C18H17NO.C5H4ClN5/c1-3-15-12-14-9-7-8-13(2)17(14)18(20)19(15)16-10-5-4-6-11-16;6-3-2-4(7)8-1-9-5(2)11-10-3/h4-12H,3H2,1-2H3;1H,(H3,7,8,9,10,11). The number of nitrogens with zero attached hydrogens (tertiary/aromatic N) is 4. The normalized spacial score (nSPS) is 10.8. The molecule has 0 aliphatic rings. The molecular formula is C23H21ClN6O. The van der Waals surface area contributed by atoms with Crippen LogP contribution in [0.3, 0.4) is 0 Å². The Hall–Kier alpha value is -3.71. The lowest BCUT2D eigenvalue weighted by atomic mass is 10.1. The molecule has 5 rings (SSSR count). The van der Waals surface area contributed by atoms with Crippen LogP contribution in [0.5, 0.6) is 0 Å². The minimum atomic E-state index is 0.0728. The average molecular weight is 433 g/mol. The molecule has 0 aliphatic carbocycles.